The lowest BCUT2D eigenvalue weighted by Crippen LogP contribution is -2.46. The lowest BCUT2D eigenvalue weighted by molar-refractivity contribution is -0.143. The molecule has 1 atom stereocenters. The fourth-order valence-electron chi connectivity index (χ4n) is 3.37. The van der Waals surface area contributed by atoms with Crippen molar-refractivity contribution in [1.29, 1.82) is 0 Å². The summed E-state index contributed by atoms with van der Waals surface area (Å²) in [6, 6.07) is 3.86. The number of aliphatic carboxylic acids is 1. The van der Waals surface area contributed by atoms with E-state index in [-0.39, 0.29) is 17.9 Å². The molecule has 1 unspecified atom stereocenters. The zero-order chi connectivity index (χ0) is 20.2. The van der Waals surface area contributed by atoms with E-state index in [0.29, 0.717) is 31.2 Å². The molecule has 0 aromatic heterocycles. The third-order valence-corrected chi connectivity index (χ3v) is 4.96. The molecule has 1 aliphatic carbocycles. The Kier molecular flexibility index (Phi) is 6.73. The highest BCUT2D eigenvalue weighted by molar-refractivity contribution is 5.75. The van der Waals surface area contributed by atoms with Gasteiger partial charge in [-0.3, -0.25) is 4.79 Å². The molecule has 1 aliphatic rings. The van der Waals surface area contributed by atoms with E-state index in [4.69, 9.17) is 5.11 Å². The molecule has 2 amide bonds. The van der Waals surface area contributed by atoms with Gasteiger partial charge in [0.15, 0.2) is 0 Å². The van der Waals surface area contributed by atoms with Gasteiger partial charge in [0.25, 0.3) is 0 Å². The third-order valence-electron chi connectivity index (χ3n) is 4.96. The first-order valence-corrected chi connectivity index (χ1v) is 9.05. The van der Waals surface area contributed by atoms with Gasteiger partial charge in [-0.15, -0.1) is 0 Å². The molecule has 2 rings (SSSR count). The van der Waals surface area contributed by atoms with Crippen LogP contribution in [0.2, 0.25) is 0 Å². The maximum absolute atomic E-state index is 12.7. The third kappa shape index (κ3) is 5.87. The minimum Gasteiger partial charge on any atom is -0.481 e. The van der Waals surface area contributed by atoms with Gasteiger partial charge in [-0.2, -0.15) is 13.2 Å². The Morgan fingerprint density at radius 2 is 1.63 bits per heavy atom. The minimum atomic E-state index is -4.40. The van der Waals surface area contributed by atoms with E-state index in [0.717, 1.165) is 12.1 Å². The standard InChI is InChI=1S/C19H25F3N2O3/c1-11(2)16(12-3-7-14(8-4-12)19(20,21)22)24-18(27)23-15-9-5-13(6-10-15)17(25)26/h3-4,7-8,11,13,15-16H,5-6,9-10H2,1-2H3,(H,25,26)(H2,23,24,27). The highest BCUT2D eigenvalue weighted by atomic mass is 19.4. The highest BCUT2D eigenvalue weighted by Gasteiger charge is 2.31. The molecule has 0 spiro atoms. The summed E-state index contributed by atoms with van der Waals surface area (Å²) >= 11 is 0. The summed E-state index contributed by atoms with van der Waals surface area (Å²) < 4.78 is 38.1. The van der Waals surface area contributed by atoms with Crippen LogP contribution in [0.1, 0.15) is 56.7 Å². The van der Waals surface area contributed by atoms with E-state index in [1.807, 2.05) is 13.8 Å². The predicted octanol–water partition coefficient (Wildman–Crippen LogP) is 4.35. The lowest BCUT2D eigenvalue weighted by Gasteiger charge is -2.29. The number of nitrogens with one attached hydrogen (secondary N) is 2. The summed E-state index contributed by atoms with van der Waals surface area (Å²) in [5, 5.41) is 14.7. The number of carboxylic acids is 1. The number of alkyl halides is 3. The lowest BCUT2D eigenvalue weighted by atomic mass is 9.86. The van der Waals surface area contributed by atoms with Crippen LogP contribution in [-0.4, -0.2) is 23.1 Å². The number of carbonyl (C=O) groups excluding carboxylic acids is 1. The van der Waals surface area contributed by atoms with Crippen LogP contribution >= 0.6 is 0 Å². The largest absolute Gasteiger partial charge is 0.481 e. The normalized spacial score (nSPS) is 21.6. The van der Waals surface area contributed by atoms with Gasteiger partial charge in [0.2, 0.25) is 0 Å². The van der Waals surface area contributed by atoms with Crippen LogP contribution in [0.4, 0.5) is 18.0 Å². The summed E-state index contributed by atoms with van der Waals surface area (Å²) in [6.45, 7) is 3.75. The van der Waals surface area contributed by atoms with Crippen LogP contribution in [0.5, 0.6) is 0 Å². The monoisotopic (exact) mass is 386 g/mol. The zero-order valence-electron chi connectivity index (χ0n) is 15.3. The van der Waals surface area contributed by atoms with Crippen LogP contribution in [0, 0.1) is 11.8 Å². The van der Waals surface area contributed by atoms with Gasteiger partial charge in [-0.05, 0) is 49.3 Å². The molecule has 5 nitrogen and oxygen atoms in total. The molecular weight excluding hydrogens is 361 g/mol. The topological polar surface area (TPSA) is 78.4 Å². The minimum absolute atomic E-state index is 0.0183. The average Bonchev–Trinajstić information content (AvgIpc) is 2.59. The smallest absolute Gasteiger partial charge is 0.416 e. The average molecular weight is 386 g/mol. The SMILES string of the molecule is CC(C)C(NC(=O)NC1CCC(C(=O)O)CC1)c1ccc(C(F)(F)F)cc1. The van der Waals surface area contributed by atoms with Crippen molar-refractivity contribution in [1.82, 2.24) is 10.6 Å². The predicted molar refractivity (Wildman–Crippen MR) is 94.1 cm³/mol. The van der Waals surface area contributed by atoms with Gasteiger partial charge in [-0.1, -0.05) is 26.0 Å². The second kappa shape index (κ2) is 8.63. The van der Waals surface area contributed by atoms with Gasteiger partial charge in [0.05, 0.1) is 17.5 Å². The van der Waals surface area contributed by atoms with E-state index in [1.54, 1.807) is 0 Å². The van der Waals surface area contributed by atoms with E-state index >= 15 is 0 Å². The van der Waals surface area contributed by atoms with Crippen molar-refractivity contribution < 1.29 is 27.9 Å². The number of hydrogen-bond acceptors (Lipinski definition) is 2. The van der Waals surface area contributed by atoms with E-state index < -0.39 is 29.8 Å². The second-order valence-corrected chi connectivity index (χ2v) is 7.35. The highest BCUT2D eigenvalue weighted by Crippen LogP contribution is 2.31. The summed E-state index contributed by atoms with van der Waals surface area (Å²) in [7, 11) is 0. The van der Waals surface area contributed by atoms with Crippen LogP contribution in [-0.2, 0) is 11.0 Å². The first-order chi connectivity index (χ1) is 12.6. The van der Waals surface area contributed by atoms with Gasteiger partial charge in [0.1, 0.15) is 0 Å². The van der Waals surface area contributed by atoms with Crippen molar-refractivity contribution >= 4 is 12.0 Å². The number of carboxylic acid groups (broad SMARTS) is 1. The number of benzene rings is 1. The number of hydrogen-bond donors (Lipinski definition) is 3. The number of halogens is 3. The van der Waals surface area contributed by atoms with Crippen LogP contribution in [0.25, 0.3) is 0 Å². The fraction of sp³-hybridized carbons (Fsp3) is 0.579. The molecule has 0 radical (unpaired) electrons. The zero-order valence-corrected chi connectivity index (χ0v) is 15.3. The molecule has 0 saturated heterocycles. The van der Waals surface area contributed by atoms with Crippen molar-refractivity contribution in [2.75, 3.05) is 0 Å². The maximum Gasteiger partial charge on any atom is 0.416 e. The molecule has 0 aliphatic heterocycles. The molecular formula is C19H25F3N2O3. The molecule has 150 valence electrons. The molecule has 1 saturated carbocycles. The van der Waals surface area contributed by atoms with Gasteiger partial charge in [-0.25, -0.2) is 4.79 Å². The number of rotatable bonds is 5. The number of carbonyl (C=O) groups is 2. The first-order valence-electron chi connectivity index (χ1n) is 9.05. The number of urea groups is 1. The van der Waals surface area contributed by atoms with Crippen molar-refractivity contribution in [3.63, 3.8) is 0 Å². The maximum atomic E-state index is 12.7. The molecule has 0 bridgehead atoms. The first kappa shape index (κ1) is 21.1. The number of amides is 2. The molecule has 8 heteroatoms. The van der Waals surface area contributed by atoms with Gasteiger partial charge < -0.3 is 15.7 Å². The Labute approximate surface area is 156 Å². The summed E-state index contributed by atoms with van der Waals surface area (Å²) in [6.07, 6.45) is -2.17. The van der Waals surface area contributed by atoms with Crippen LogP contribution in [0.15, 0.2) is 24.3 Å². The van der Waals surface area contributed by atoms with Gasteiger partial charge >= 0.3 is 18.2 Å². The van der Waals surface area contributed by atoms with Crippen molar-refractivity contribution in [2.24, 2.45) is 11.8 Å². The summed E-state index contributed by atoms with van der Waals surface area (Å²) in [5.74, 6) is -1.18. The molecule has 3 N–H and O–H groups in total. The molecule has 0 heterocycles. The Bertz CT molecular complexity index is 651. The van der Waals surface area contributed by atoms with Crippen molar-refractivity contribution in [3.8, 4) is 0 Å². The van der Waals surface area contributed by atoms with Crippen LogP contribution < -0.4 is 10.6 Å². The Hall–Kier alpha value is -2.25. The Morgan fingerprint density at radius 1 is 1.07 bits per heavy atom. The quantitative estimate of drug-likeness (QED) is 0.704. The Morgan fingerprint density at radius 3 is 2.07 bits per heavy atom. The van der Waals surface area contributed by atoms with Crippen molar-refractivity contribution in [2.45, 2.75) is 57.8 Å². The molecule has 1 aromatic carbocycles. The molecule has 1 aromatic rings. The van der Waals surface area contributed by atoms with Gasteiger partial charge in [0, 0.05) is 6.04 Å². The van der Waals surface area contributed by atoms with Crippen LogP contribution in [0.3, 0.4) is 0 Å². The summed E-state index contributed by atoms with van der Waals surface area (Å²) in [4.78, 5) is 23.3. The van der Waals surface area contributed by atoms with Crippen molar-refractivity contribution in [3.05, 3.63) is 35.4 Å². The molecule has 27 heavy (non-hydrogen) atoms. The van der Waals surface area contributed by atoms with E-state index in [2.05, 4.69) is 10.6 Å². The molecule has 1 fully saturated rings. The van der Waals surface area contributed by atoms with E-state index in [1.165, 1.54) is 12.1 Å². The fourth-order valence-corrected chi connectivity index (χ4v) is 3.37. The summed E-state index contributed by atoms with van der Waals surface area (Å²) in [5.41, 5.74) is -0.129. The second-order valence-electron chi connectivity index (χ2n) is 7.35. The Balaban J connectivity index is 1.96. The van der Waals surface area contributed by atoms with E-state index in [9.17, 15) is 22.8 Å².